The molecule has 1 saturated carbocycles. The second-order valence-electron chi connectivity index (χ2n) is 9.14. The summed E-state index contributed by atoms with van der Waals surface area (Å²) >= 11 is 0. The van der Waals surface area contributed by atoms with Gasteiger partial charge in [0.2, 0.25) is 5.43 Å². The number of hydrogen-bond donors (Lipinski definition) is 1. The SMILES string of the molecule is CCON(CC(F)=C1CCCN(c2c(F)cc3c(=O)c(C(=O)O)cn(C4CC4)c3c2OC)C1)[PH](=O)OCC.[NaH]. The number of aromatic carboxylic acids is 1. The van der Waals surface area contributed by atoms with Crippen molar-refractivity contribution in [3.8, 4) is 5.75 Å². The van der Waals surface area contributed by atoms with Crippen LogP contribution in [-0.4, -0.2) is 90.0 Å². The van der Waals surface area contributed by atoms with Crippen molar-refractivity contribution >= 4 is 60.3 Å². The van der Waals surface area contributed by atoms with E-state index in [1.54, 1.807) is 23.3 Å². The van der Waals surface area contributed by atoms with Crippen LogP contribution in [-0.2, 0) is 13.9 Å². The number of nitrogens with zero attached hydrogens (tertiary/aromatic N) is 3. The molecule has 1 saturated heterocycles. The van der Waals surface area contributed by atoms with Crippen LogP contribution in [0.2, 0.25) is 0 Å². The van der Waals surface area contributed by atoms with E-state index >= 15 is 8.78 Å². The number of methoxy groups -OCH3 is 1. The Balaban J connectivity index is 0.00000420. The molecule has 1 N–H and O–H groups in total. The number of carboxylic acids is 1. The summed E-state index contributed by atoms with van der Waals surface area (Å²) in [4.78, 5) is 32.6. The zero-order valence-corrected chi connectivity index (χ0v) is 22.6. The third-order valence-electron chi connectivity index (χ3n) is 6.60. The Bertz CT molecular complexity index is 1350. The van der Waals surface area contributed by atoms with Crippen molar-refractivity contribution in [3.63, 3.8) is 0 Å². The van der Waals surface area contributed by atoms with Crippen LogP contribution in [0.3, 0.4) is 0 Å². The number of halogens is 2. The van der Waals surface area contributed by atoms with Gasteiger partial charge in [0.15, 0.2) is 11.6 Å². The number of hydroxylamine groups is 1. The molecule has 2 heterocycles. The molecule has 0 bridgehead atoms. The average molecular weight is 580 g/mol. The molecular formula is C25H33F2N3NaO7P. The number of aromatic nitrogens is 1. The molecule has 1 unspecified atom stereocenters. The molecule has 0 radical (unpaired) electrons. The zero-order chi connectivity index (χ0) is 27.6. The first-order chi connectivity index (χ1) is 18.2. The average Bonchev–Trinajstić information content (AvgIpc) is 3.73. The summed E-state index contributed by atoms with van der Waals surface area (Å²) in [6.07, 6.45) is 3.81. The van der Waals surface area contributed by atoms with Gasteiger partial charge in [-0.3, -0.25) is 14.2 Å². The summed E-state index contributed by atoms with van der Waals surface area (Å²) in [5.41, 5.74) is -0.440. The van der Waals surface area contributed by atoms with Gasteiger partial charge in [0, 0.05) is 25.3 Å². The van der Waals surface area contributed by atoms with Crippen LogP contribution in [0, 0.1) is 5.82 Å². The van der Waals surface area contributed by atoms with Crippen molar-refractivity contribution in [2.75, 3.05) is 44.9 Å². The molecule has 2 aliphatic rings. The molecule has 1 aliphatic heterocycles. The van der Waals surface area contributed by atoms with Crippen LogP contribution < -0.4 is 15.1 Å². The quantitative estimate of drug-likeness (QED) is 0.240. The van der Waals surface area contributed by atoms with Crippen molar-refractivity contribution in [1.82, 2.24) is 9.40 Å². The summed E-state index contributed by atoms with van der Waals surface area (Å²) < 4.78 is 55.7. The van der Waals surface area contributed by atoms with Gasteiger partial charge in [-0.05, 0) is 51.2 Å². The molecule has 1 atom stereocenters. The first kappa shape index (κ1) is 31.7. The number of rotatable bonds is 11. The van der Waals surface area contributed by atoms with Crippen LogP contribution in [0.15, 0.2) is 28.5 Å². The Morgan fingerprint density at radius 3 is 2.59 bits per heavy atom. The first-order valence-corrected chi connectivity index (χ1v) is 13.8. The van der Waals surface area contributed by atoms with Gasteiger partial charge in [-0.2, -0.15) is 0 Å². The molecule has 0 spiro atoms. The molecule has 210 valence electrons. The topological polar surface area (TPSA) is 111 Å². The van der Waals surface area contributed by atoms with Crippen molar-refractivity contribution in [3.05, 3.63) is 45.3 Å². The molecule has 1 aliphatic carbocycles. The number of anilines is 1. The standard InChI is InChI=1S/C25H32F2N3O7P.Na.H/c1-4-36-30(38(34)37-5-2)14-20(27)15-7-6-10-28(12-15)22-19(26)11-17-21(24(22)35-3)29(16-8-9-16)13-18(23(17)31)25(32)33;;/h11,13,16,38H,4-10,12,14H2,1-3H3,(H,32,33);;. The summed E-state index contributed by atoms with van der Waals surface area (Å²) in [6, 6.07) is 1.01. The van der Waals surface area contributed by atoms with E-state index in [4.69, 9.17) is 14.1 Å². The number of piperidine rings is 1. The summed E-state index contributed by atoms with van der Waals surface area (Å²) in [7, 11) is -1.42. The predicted octanol–water partition coefficient (Wildman–Crippen LogP) is 4.04. The molecular weight excluding hydrogens is 546 g/mol. The van der Waals surface area contributed by atoms with Gasteiger partial charge in [0.05, 0.1) is 37.8 Å². The second kappa shape index (κ2) is 13.7. The Morgan fingerprint density at radius 1 is 1.28 bits per heavy atom. The second-order valence-corrected chi connectivity index (χ2v) is 10.5. The van der Waals surface area contributed by atoms with E-state index in [1.165, 1.54) is 13.3 Å². The van der Waals surface area contributed by atoms with Gasteiger partial charge in [-0.25, -0.2) is 13.6 Å². The Labute approximate surface area is 247 Å². The van der Waals surface area contributed by atoms with Gasteiger partial charge < -0.3 is 23.8 Å². The Hall–Kier alpha value is -1.79. The van der Waals surface area contributed by atoms with E-state index in [-0.39, 0.29) is 78.7 Å². The summed E-state index contributed by atoms with van der Waals surface area (Å²) in [5, 5.41) is 9.44. The number of ether oxygens (including phenoxy) is 1. The van der Waals surface area contributed by atoms with E-state index < -0.39 is 36.8 Å². The fourth-order valence-electron chi connectivity index (χ4n) is 4.76. The Kier molecular flexibility index (Phi) is 11.2. The Morgan fingerprint density at radius 2 is 2.00 bits per heavy atom. The van der Waals surface area contributed by atoms with Crippen molar-refractivity contribution in [1.29, 1.82) is 0 Å². The zero-order valence-electron chi connectivity index (χ0n) is 21.6. The summed E-state index contributed by atoms with van der Waals surface area (Å²) in [5.74, 6) is -2.60. The third-order valence-corrected chi connectivity index (χ3v) is 7.83. The van der Waals surface area contributed by atoms with Crippen molar-refractivity contribution < 1.29 is 37.3 Å². The molecule has 39 heavy (non-hydrogen) atoms. The monoisotopic (exact) mass is 579 g/mol. The minimum atomic E-state index is -2.78. The predicted molar refractivity (Wildman–Crippen MR) is 146 cm³/mol. The molecule has 1 aromatic heterocycles. The van der Waals surface area contributed by atoms with E-state index in [0.29, 0.717) is 30.5 Å². The van der Waals surface area contributed by atoms with Gasteiger partial charge >= 0.3 is 35.5 Å². The maximum atomic E-state index is 15.6. The maximum absolute atomic E-state index is 15.6. The van der Waals surface area contributed by atoms with Crippen molar-refractivity contribution in [2.24, 2.45) is 0 Å². The fraction of sp³-hybridized carbons (Fsp3) is 0.520. The summed E-state index contributed by atoms with van der Waals surface area (Å²) in [6.45, 7) is 3.82. The van der Waals surface area contributed by atoms with E-state index in [1.807, 2.05) is 0 Å². The van der Waals surface area contributed by atoms with Gasteiger partial charge in [-0.1, -0.05) is 0 Å². The van der Waals surface area contributed by atoms with E-state index in [0.717, 1.165) is 23.7 Å². The van der Waals surface area contributed by atoms with Crippen molar-refractivity contribution in [2.45, 2.75) is 45.6 Å². The molecule has 14 heteroatoms. The third kappa shape index (κ3) is 6.75. The van der Waals surface area contributed by atoms with Crippen LogP contribution in [0.5, 0.6) is 5.75 Å². The van der Waals surface area contributed by atoms with E-state index in [9.17, 15) is 19.3 Å². The first-order valence-electron chi connectivity index (χ1n) is 12.6. The number of carbonyl (C=O) groups is 1. The number of pyridine rings is 1. The number of hydrogen-bond acceptors (Lipinski definition) is 7. The molecule has 2 aromatic rings. The molecule has 10 nitrogen and oxygen atoms in total. The van der Waals surface area contributed by atoms with Gasteiger partial charge in [0.25, 0.3) is 8.18 Å². The molecule has 4 rings (SSSR count). The number of carboxylic acid groups (broad SMARTS) is 1. The fourth-order valence-corrected chi connectivity index (χ4v) is 5.65. The van der Waals surface area contributed by atoms with Gasteiger partial charge in [0.1, 0.15) is 17.1 Å². The van der Waals surface area contributed by atoms with Crippen LogP contribution in [0.25, 0.3) is 10.9 Å². The molecule has 2 fully saturated rings. The van der Waals surface area contributed by atoms with E-state index in [2.05, 4.69) is 0 Å². The van der Waals surface area contributed by atoms with Gasteiger partial charge in [-0.15, -0.1) is 4.83 Å². The molecule has 1 aromatic carbocycles. The number of fused-ring (bicyclic) bond motifs is 1. The van der Waals surface area contributed by atoms with Crippen LogP contribution in [0.1, 0.15) is 55.9 Å². The molecule has 0 amide bonds. The van der Waals surface area contributed by atoms with Crippen LogP contribution >= 0.6 is 8.18 Å². The number of benzene rings is 1. The van der Waals surface area contributed by atoms with Crippen LogP contribution in [0.4, 0.5) is 14.5 Å². The normalized spacial score (nSPS) is 17.7. The minimum absolute atomic E-state index is 0.